The molecule has 1 aromatic carbocycles. The number of benzene rings is 1. The molecule has 1 heterocycles. The zero-order valence-corrected chi connectivity index (χ0v) is 10.5. The number of rotatable bonds is 1. The van der Waals surface area contributed by atoms with Gasteiger partial charge >= 0.3 is 12.4 Å². The second-order valence-electron chi connectivity index (χ2n) is 4.03. The molecule has 0 amide bonds. The monoisotopic (exact) mass is 311 g/mol. The van der Waals surface area contributed by atoms with Crippen LogP contribution in [0.3, 0.4) is 0 Å². The van der Waals surface area contributed by atoms with E-state index in [9.17, 15) is 26.3 Å². The molecule has 0 radical (unpaired) electrons. The summed E-state index contributed by atoms with van der Waals surface area (Å²) >= 11 is 1.04. The minimum atomic E-state index is -4.85. The first-order chi connectivity index (χ1) is 9.07. The van der Waals surface area contributed by atoms with Gasteiger partial charge < -0.3 is 5.73 Å². The zero-order chi connectivity index (χ0) is 15.1. The van der Waals surface area contributed by atoms with Crippen molar-refractivity contribution in [1.82, 2.24) is 0 Å². The molecule has 0 spiro atoms. The van der Waals surface area contributed by atoms with Crippen LogP contribution in [0.15, 0.2) is 29.6 Å². The van der Waals surface area contributed by atoms with E-state index >= 15 is 0 Å². The molecule has 0 saturated heterocycles. The van der Waals surface area contributed by atoms with Crippen LogP contribution in [-0.2, 0) is 12.4 Å². The quantitative estimate of drug-likeness (QED) is 0.734. The lowest BCUT2D eigenvalue weighted by Gasteiger charge is -2.13. The van der Waals surface area contributed by atoms with E-state index in [2.05, 4.69) is 0 Å². The van der Waals surface area contributed by atoms with Crippen molar-refractivity contribution in [3.8, 4) is 11.1 Å². The molecule has 1 nitrogen and oxygen atoms in total. The fraction of sp³-hybridized carbons (Fsp3) is 0.167. The van der Waals surface area contributed by atoms with Crippen LogP contribution in [-0.4, -0.2) is 0 Å². The van der Waals surface area contributed by atoms with E-state index in [1.165, 1.54) is 11.4 Å². The lowest BCUT2D eigenvalue weighted by atomic mass is 10.0. The Morgan fingerprint density at radius 2 is 1.25 bits per heavy atom. The summed E-state index contributed by atoms with van der Waals surface area (Å²) in [5, 5.41) is 1.72. The largest absolute Gasteiger partial charge is 0.416 e. The molecule has 0 atom stereocenters. The van der Waals surface area contributed by atoms with Gasteiger partial charge in [-0.15, -0.1) is 11.3 Å². The van der Waals surface area contributed by atoms with Gasteiger partial charge in [-0.25, -0.2) is 0 Å². The molecule has 0 fully saturated rings. The fourth-order valence-corrected chi connectivity index (χ4v) is 2.29. The van der Waals surface area contributed by atoms with Crippen molar-refractivity contribution in [2.24, 2.45) is 0 Å². The van der Waals surface area contributed by atoms with Crippen LogP contribution in [0.1, 0.15) is 11.1 Å². The van der Waals surface area contributed by atoms with Crippen LogP contribution < -0.4 is 5.73 Å². The van der Waals surface area contributed by atoms with Crippen molar-refractivity contribution in [3.05, 3.63) is 40.8 Å². The summed E-state index contributed by atoms with van der Waals surface area (Å²) < 4.78 is 76.0. The Hall–Kier alpha value is -1.70. The molecule has 0 saturated carbocycles. The van der Waals surface area contributed by atoms with Crippen LogP contribution in [0, 0.1) is 0 Å². The number of thiophene rings is 1. The third-order valence-corrected chi connectivity index (χ3v) is 3.30. The smallest absolute Gasteiger partial charge is 0.391 e. The lowest BCUT2D eigenvalue weighted by Crippen LogP contribution is -2.11. The maximum atomic E-state index is 12.7. The van der Waals surface area contributed by atoms with Crippen molar-refractivity contribution >= 4 is 16.3 Å². The summed E-state index contributed by atoms with van der Waals surface area (Å²) in [6, 6.07) is 2.78. The van der Waals surface area contributed by atoms with E-state index in [1.54, 1.807) is 0 Å². The third-order valence-electron chi connectivity index (χ3n) is 2.54. The highest BCUT2D eigenvalue weighted by Crippen LogP contribution is 2.39. The van der Waals surface area contributed by atoms with Gasteiger partial charge in [0.25, 0.3) is 0 Å². The average molecular weight is 311 g/mol. The van der Waals surface area contributed by atoms with Gasteiger partial charge in [0.1, 0.15) is 0 Å². The minimum absolute atomic E-state index is 0.0965. The number of hydrogen-bond acceptors (Lipinski definition) is 2. The topological polar surface area (TPSA) is 26.0 Å². The van der Waals surface area contributed by atoms with Gasteiger partial charge in [-0.05, 0) is 35.4 Å². The van der Waals surface area contributed by atoms with Crippen molar-refractivity contribution in [3.63, 3.8) is 0 Å². The Bertz CT molecular complexity index is 593. The molecule has 108 valence electrons. The van der Waals surface area contributed by atoms with E-state index in [1.807, 2.05) is 0 Å². The molecule has 0 unspecified atom stereocenters. The predicted molar refractivity (Wildman–Crippen MR) is 64.2 cm³/mol. The second kappa shape index (κ2) is 4.69. The van der Waals surface area contributed by atoms with Crippen molar-refractivity contribution in [2.75, 3.05) is 5.73 Å². The first-order valence-corrected chi connectivity index (χ1v) is 6.09. The molecule has 1 aromatic heterocycles. The Morgan fingerprint density at radius 1 is 0.750 bits per heavy atom. The molecular formula is C12H7F6NS. The van der Waals surface area contributed by atoms with Crippen LogP contribution >= 0.6 is 11.3 Å². The first-order valence-electron chi connectivity index (χ1n) is 5.21. The van der Waals surface area contributed by atoms with Crippen molar-refractivity contribution in [1.29, 1.82) is 0 Å². The van der Waals surface area contributed by atoms with Crippen LogP contribution in [0.4, 0.5) is 31.3 Å². The maximum Gasteiger partial charge on any atom is 0.416 e. The molecular weight excluding hydrogens is 304 g/mol. The predicted octanol–water partition coefficient (Wildman–Crippen LogP) is 5.03. The highest BCUT2D eigenvalue weighted by molar-refractivity contribution is 7.14. The molecule has 2 rings (SSSR count). The van der Waals surface area contributed by atoms with Gasteiger partial charge in [-0.3, -0.25) is 0 Å². The number of nitrogens with two attached hydrogens (primary N) is 1. The number of anilines is 1. The van der Waals surface area contributed by atoms with E-state index in [-0.39, 0.29) is 17.2 Å². The van der Waals surface area contributed by atoms with E-state index in [4.69, 9.17) is 5.73 Å². The van der Waals surface area contributed by atoms with Crippen LogP contribution in [0.2, 0.25) is 0 Å². The first kappa shape index (κ1) is 14.7. The number of alkyl halides is 6. The zero-order valence-electron chi connectivity index (χ0n) is 9.64. The summed E-state index contributed by atoms with van der Waals surface area (Å²) in [6.45, 7) is 0. The molecule has 0 bridgehead atoms. The van der Waals surface area contributed by atoms with E-state index in [0.717, 1.165) is 11.3 Å². The van der Waals surface area contributed by atoms with Crippen LogP contribution in [0.5, 0.6) is 0 Å². The van der Waals surface area contributed by atoms with Gasteiger partial charge in [-0.2, -0.15) is 26.3 Å². The van der Waals surface area contributed by atoms with Crippen molar-refractivity contribution < 1.29 is 26.3 Å². The molecule has 20 heavy (non-hydrogen) atoms. The number of hydrogen-bond donors (Lipinski definition) is 1. The Kier molecular flexibility index (Phi) is 3.45. The highest BCUT2D eigenvalue weighted by Gasteiger charge is 2.37. The molecule has 0 aliphatic heterocycles. The lowest BCUT2D eigenvalue weighted by molar-refractivity contribution is -0.143. The standard InChI is InChI=1S/C12H7F6NS/c13-11(14,15)8-1-6(7-3-10(19)20-5-7)2-9(4-8)12(16,17)18/h1-5H,19H2. The van der Waals surface area contributed by atoms with E-state index in [0.29, 0.717) is 17.1 Å². The Labute approximate surface area is 113 Å². The van der Waals surface area contributed by atoms with Gasteiger partial charge in [0.05, 0.1) is 16.1 Å². The van der Waals surface area contributed by atoms with Gasteiger partial charge in [0.2, 0.25) is 0 Å². The molecule has 2 N–H and O–H groups in total. The average Bonchev–Trinajstić information content (AvgIpc) is 2.73. The van der Waals surface area contributed by atoms with Crippen molar-refractivity contribution in [2.45, 2.75) is 12.4 Å². The summed E-state index contributed by atoms with van der Waals surface area (Å²) in [7, 11) is 0. The second-order valence-corrected chi connectivity index (χ2v) is 4.98. The number of nitrogen functional groups attached to an aromatic ring is 1. The summed E-state index contributed by atoms with van der Waals surface area (Å²) in [5.74, 6) is 0. The summed E-state index contributed by atoms with van der Waals surface area (Å²) in [6.07, 6.45) is -9.70. The maximum absolute atomic E-state index is 12.7. The Morgan fingerprint density at radius 3 is 1.60 bits per heavy atom. The molecule has 8 heteroatoms. The summed E-state index contributed by atoms with van der Waals surface area (Å²) in [5.41, 5.74) is 2.82. The summed E-state index contributed by atoms with van der Waals surface area (Å²) in [4.78, 5) is 0. The number of halogens is 6. The minimum Gasteiger partial charge on any atom is -0.391 e. The van der Waals surface area contributed by atoms with E-state index < -0.39 is 23.5 Å². The Balaban J connectivity index is 2.63. The van der Waals surface area contributed by atoms with Gasteiger partial charge in [0, 0.05) is 5.38 Å². The normalized spacial score (nSPS) is 12.7. The highest BCUT2D eigenvalue weighted by atomic mass is 32.1. The van der Waals surface area contributed by atoms with Crippen LogP contribution in [0.25, 0.3) is 11.1 Å². The van der Waals surface area contributed by atoms with Gasteiger partial charge in [-0.1, -0.05) is 0 Å². The molecule has 0 aliphatic rings. The fourth-order valence-electron chi connectivity index (χ4n) is 1.63. The molecule has 2 aromatic rings. The SMILES string of the molecule is Nc1cc(-c2cc(C(F)(F)F)cc(C(F)(F)F)c2)cs1. The van der Waals surface area contributed by atoms with Gasteiger partial charge in [0.15, 0.2) is 0 Å². The molecule has 0 aliphatic carbocycles. The third kappa shape index (κ3) is 3.06.